The summed E-state index contributed by atoms with van der Waals surface area (Å²) in [5.74, 6) is 1.52. The van der Waals surface area contributed by atoms with Gasteiger partial charge in [0.05, 0.1) is 20.1 Å². The number of hydrogen-bond acceptors (Lipinski definition) is 8. The number of aliphatic imine (C=N–C) groups is 2. The highest BCUT2D eigenvalue weighted by Gasteiger charge is 2.14. The molecule has 17 heteroatoms. The lowest BCUT2D eigenvalue weighted by Crippen LogP contribution is -2.35. The Labute approximate surface area is 291 Å². The molecule has 2 aromatic carbocycles. The Kier molecular flexibility index (Phi) is 12.8. The number of hydrogen-bond donors (Lipinski definition) is 6. The molecule has 8 N–H and O–H groups in total. The van der Waals surface area contributed by atoms with Crippen molar-refractivity contribution < 1.29 is 0 Å². The minimum Gasteiger partial charge on any atom is -0.369 e. The Balaban J connectivity index is 0.000000216. The van der Waals surface area contributed by atoms with E-state index in [1.807, 2.05) is 13.0 Å². The predicted octanol–water partition coefficient (Wildman–Crippen LogP) is 7.12. The van der Waals surface area contributed by atoms with Gasteiger partial charge in [0.1, 0.15) is 11.0 Å². The molecule has 1 saturated heterocycles. The first-order valence-electron chi connectivity index (χ1n) is 13.9. The number of rotatable bonds is 6. The zero-order valence-corrected chi connectivity index (χ0v) is 28.5. The molecule has 2 aromatic heterocycles. The van der Waals surface area contributed by atoms with E-state index in [0.717, 1.165) is 37.4 Å². The smallest absolute Gasteiger partial charge is 0.254 e. The van der Waals surface area contributed by atoms with Crippen molar-refractivity contribution in [3.8, 4) is 0 Å². The van der Waals surface area contributed by atoms with E-state index in [9.17, 15) is 0 Å². The average molecular weight is 725 g/mol. The fourth-order valence-corrected chi connectivity index (χ4v) is 4.96. The van der Waals surface area contributed by atoms with Crippen molar-refractivity contribution in [2.75, 3.05) is 29.0 Å². The molecule has 4 aromatic rings. The first kappa shape index (κ1) is 35.2. The van der Waals surface area contributed by atoms with E-state index in [1.54, 1.807) is 49.4 Å². The van der Waals surface area contributed by atoms with Gasteiger partial charge in [-0.15, -0.1) is 0 Å². The van der Waals surface area contributed by atoms with Crippen LogP contribution in [0.2, 0.25) is 25.2 Å². The second-order valence-corrected chi connectivity index (χ2v) is 12.0. The van der Waals surface area contributed by atoms with Gasteiger partial charge >= 0.3 is 0 Å². The number of halogens is 5. The van der Waals surface area contributed by atoms with Crippen LogP contribution >= 0.6 is 58.0 Å². The highest BCUT2D eigenvalue weighted by Crippen LogP contribution is 2.26. The van der Waals surface area contributed by atoms with Crippen LogP contribution in [-0.4, -0.2) is 51.0 Å². The second-order valence-electron chi connectivity index (χ2n) is 10.00. The van der Waals surface area contributed by atoms with Gasteiger partial charge in [-0.3, -0.25) is 0 Å². The van der Waals surface area contributed by atoms with Gasteiger partial charge in [-0.25, -0.2) is 9.97 Å². The summed E-state index contributed by atoms with van der Waals surface area (Å²) in [6.45, 7) is 5.70. The molecule has 1 aliphatic heterocycles. The van der Waals surface area contributed by atoms with Crippen LogP contribution < -0.4 is 32.7 Å². The van der Waals surface area contributed by atoms with Crippen LogP contribution in [0, 0.1) is 13.8 Å². The largest absolute Gasteiger partial charge is 0.369 e. The maximum atomic E-state index is 6.00. The second kappa shape index (κ2) is 16.8. The van der Waals surface area contributed by atoms with Crippen molar-refractivity contribution in [2.24, 2.45) is 21.5 Å². The van der Waals surface area contributed by atoms with Gasteiger partial charge < -0.3 is 32.7 Å². The summed E-state index contributed by atoms with van der Waals surface area (Å²) >= 11 is 29.5. The third-order valence-electron chi connectivity index (χ3n) is 6.17. The van der Waals surface area contributed by atoms with Crippen molar-refractivity contribution in [3.05, 3.63) is 85.2 Å². The lowest BCUT2D eigenvalue weighted by molar-refractivity contribution is 0.478. The average Bonchev–Trinajstić information content (AvgIpc) is 2.97. The van der Waals surface area contributed by atoms with Crippen LogP contribution in [-0.2, 0) is 0 Å². The molecule has 1 fully saturated rings. The van der Waals surface area contributed by atoms with Gasteiger partial charge in [0.2, 0.25) is 11.9 Å². The van der Waals surface area contributed by atoms with Crippen LogP contribution in [0.1, 0.15) is 24.2 Å². The molecule has 1 aliphatic rings. The maximum absolute atomic E-state index is 6.00. The van der Waals surface area contributed by atoms with E-state index in [4.69, 9.17) is 69.5 Å². The lowest BCUT2D eigenvalue weighted by Gasteiger charge is -2.24. The molecule has 0 unspecified atom stereocenters. The molecule has 5 rings (SSSR count). The third-order valence-corrected chi connectivity index (χ3v) is 7.84. The van der Waals surface area contributed by atoms with E-state index in [2.05, 4.69) is 51.2 Å². The first-order chi connectivity index (χ1) is 21.9. The number of aryl methyl sites for hydroxylation is 2. The molecule has 0 saturated carbocycles. The Morgan fingerprint density at radius 2 is 1.20 bits per heavy atom. The van der Waals surface area contributed by atoms with Crippen LogP contribution in [0.5, 0.6) is 0 Å². The molecular formula is C29H31Cl5N12. The molecule has 242 valence electrons. The molecule has 0 atom stereocenters. The zero-order chi connectivity index (χ0) is 33.2. The number of nitrogens with two attached hydrogens (primary N) is 2. The predicted molar refractivity (Wildman–Crippen MR) is 191 cm³/mol. The fourth-order valence-electron chi connectivity index (χ4n) is 4.13. The maximum Gasteiger partial charge on any atom is 0.254 e. The Hall–Kier alpha value is -3.65. The molecule has 46 heavy (non-hydrogen) atoms. The topological polar surface area (TPSA) is 176 Å². The zero-order valence-electron chi connectivity index (χ0n) is 24.8. The minimum atomic E-state index is 0.116. The molecule has 0 aliphatic carbocycles. The van der Waals surface area contributed by atoms with E-state index in [0.29, 0.717) is 54.3 Å². The molecule has 0 amide bonds. The highest BCUT2D eigenvalue weighted by molar-refractivity contribution is 6.42. The monoisotopic (exact) mass is 722 g/mol. The SMILES string of the molecule is Cc1cc(Cl)nc(N=C(N)Nc2ccc(Cl)c(Cl)c2)n1.Cc1cc(NC2CCNCC2)nc(N=C(N)Nc2ccc(Cl)c(Cl)c2)n1. The van der Waals surface area contributed by atoms with E-state index < -0.39 is 0 Å². The van der Waals surface area contributed by atoms with Crippen LogP contribution in [0.25, 0.3) is 0 Å². The van der Waals surface area contributed by atoms with E-state index in [-0.39, 0.29) is 17.9 Å². The van der Waals surface area contributed by atoms with E-state index >= 15 is 0 Å². The van der Waals surface area contributed by atoms with Gasteiger partial charge in [0.15, 0.2) is 0 Å². The van der Waals surface area contributed by atoms with Crippen LogP contribution in [0.3, 0.4) is 0 Å². The number of aromatic nitrogens is 4. The van der Waals surface area contributed by atoms with Gasteiger partial charge in [0, 0.05) is 34.9 Å². The van der Waals surface area contributed by atoms with Crippen molar-refractivity contribution in [2.45, 2.75) is 32.7 Å². The summed E-state index contributed by atoms with van der Waals surface area (Å²) in [6, 6.07) is 14.1. The first-order valence-corrected chi connectivity index (χ1v) is 15.8. The Morgan fingerprint density at radius 1 is 0.696 bits per heavy atom. The summed E-state index contributed by atoms with van der Waals surface area (Å²) in [4.78, 5) is 25.1. The number of benzene rings is 2. The van der Waals surface area contributed by atoms with Gasteiger partial charge in [-0.2, -0.15) is 20.0 Å². The number of nitrogens with zero attached hydrogens (tertiary/aromatic N) is 6. The van der Waals surface area contributed by atoms with Gasteiger partial charge in [-0.05, 0) is 82.2 Å². The molecule has 12 nitrogen and oxygen atoms in total. The van der Waals surface area contributed by atoms with Crippen molar-refractivity contribution >= 4 is 99.0 Å². The van der Waals surface area contributed by atoms with Gasteiger partial charge in [-0.1, -0.05) is 58.0 Å². The third kappa shape index (κ3) is 11.3. The summed E-state index contributed by atoms with van der Waals surface area (Å²) in [7, 11) is 0. The Bertz CT molecular complexity index is 1710. The summed E-state index contributed by atoms with van der Waals surface area (Å²) in [5.41, 5.74) is 14.6. The number of piperidine rings is 1. The molecular weight excluding hydrogens is 694 g/mol. The van der Waals surface area contributed by atoms with Crippen molar-refractivity contribution in [1.29, 1.82) is 0 Å². The van der Waals surface area contributed by atoms with E-state index in [1.165, 1.54) is 0 Å². The summed E-state index contributed by atoms with van der Waals surface area (Å²) in [6.07, 6.45) is 2.12. The molecule has 0 radical (unpaired) electrons. The van der Waals surface area contributed by atoms with Gasteiger partial charge in [0.25, 0.3) is 11.9 Å². The van der Waals surface area contributed by atoms with Crippen LogP contribution in [0.4, 0.5) is 29.1 Å². The minimum absolute atomic E-state index is 0.116. The lowest BCUT2D eigenvalue weighted by atomic mass is 10.1. The number of guanidine groups is 2. The van der Waals surface area contributed by atoms with Crippen LogP contribution in [0.15, 0.2) is 58.5 Å². The highest BCUT2D eigenvalue weighted by atomic mass is 35.5. The standard InChI is InChI=1S/C17H21Cl2N7.C12H10Cl3N5/c1-10-8-15(23-11-4-6-21-7-5-11)25-17(22-10)26-16(20)24-12-2-3-13(18)14(19)9-12;1-6-4-10(15)19-12(17-6)20-11(16)18-7-2-3-8(13)9(14)5-7/h2-3,8-9,11,21H,4-7H2,1H3,(H4,20,22,23,24,25,26);2-5H,1H3,(H3,16,17,18,19,20). The molecule has 3 heterocycles. The summed E-state index contributed by atoms with van der Waals surface area (Å²) in [5, 5.41) is 14.7. The molecule has 0 spiro atoms. The quantitative estimate of drug-likeness (QED) is 0.0682. The normalized spacial score (nSPS) is 13.9. The Morgan fingerprint density at radius 3 is 1.70 bits per heavy atom. The summed E-state index contributed by atoms with van der Waals surface area (Å²) < 4.78 is 0. The van der Waals surface area contributed by atoms with Crippen molar-refractivity contribution in [1.82, 2.24) is 25.3 Å². The molecule has 0 bridgehead atoms. The number of nitrogens with one attached hydrogen (secondary N) is 4. The fraction of sp³-hybridized carbons (Fsp3) is 0.241. The number of anilines is 3. The van der Waals surface area contributed by atoms with Crippen molar-refractivity contribution in [3.63, 3.8) is 0 Å².